The second kappa shape index (κ2) is 9.71. The zero-order valence-corrected chi connectivity index (χ0v) is 21.0. The van der Waals surface area contributed by atoms with Crippen molar-refractivity contribution in [2.24, 2.45) is 11.8 Å². The van der Waals surface area contributed by atoms with Crippen molar-refractivity contribution < 1.29 is 26.3 Å². The van der Waals surface area contributed by atoms with E-state index in [1.165, 1.54) is 18.3 Å². The molecule has 0 amide bonds. The van der Waals surface area contributed by atoms with Crippen molar-refractivity contribution in [2.75, 3.05) is 23.3 Å². The maximum atomic E-state index is 13.4. The largest absolute Gasteiger partial charge is 0.433 e. The number of benzene rings is 1. The number of anilines is 2. The van der Waals surface area contributed by atoms with Crippen LogP contribution >= 0.6 is 0 Å². The maximum absolute atomic E-state index is 13.4. The number of aryl methyl sites for hydroxylation is 1. The number of fused-ring (bicyclic) bond motifs is 3. The van der Waals surface area contributed by atoms with Crippen LogP contribution in [0.1, 0.15) is 60.7 Å². The van der Waals surface area contributed by atoms with Gasteiger partial charge in [0.05, 0.1) is 5.56 Å². The Bertz CT molecular complexity index is 1320. The molecule has 2 unspecified atom stereocenters. The van der Waals surface area contributed by atoms with Crippen molar-refractivity contribution in [3.8, 4) is 0 Å². The Kier molecular flexibility index (Phi) is 6.46. The van der Waals surface area contributed by atoms with E-state index in [2.05, 4.69) is 15.4 Å². The molecule has 2 fully saturated rings. The molecule has 1 saturated carbocycles. The molecular weight excluding hydrogens is 522 g/mol. The highest BCUT2D eigenvalue weighted by atomic mass is 19.4. The van der Waals surface area contributed by atoms with E-state index in [9.17, 15) is 26.3 Å². The number of alkyl halides is 6. The van der Waals surface area contributed by atoms with Gasteiger partial charge in [-0.3, -0.25) is 4.98 Å². The fraction of sp³-hybridized carbons (Fsp3) is 0.519. The number of hydrogen-bond donors (Lipinski definition) is 1. The predicted octanol–water partition coefficient (Wildman–Crippen LogP) is 6.35. The van der Waals surface area contributed by atoms with Crippen LogP contribution in [0.3, 0.4) is 0 Å². The molecule has 1 N–H and O–H groups in total. The van der Waals surface area contributed by atoms with Crippen molar-refractivity contribution in [3.63, 3.8) is 0 Å². The summed E-state index contributed by atoms with van der Waals surface area (Å²) in [5.41, 5.74) is -0.473. The Hall–Kier alpha value is -3.31. The fourth-order valence-corrected chi connectivity index (χ4v) is 6.41. The highest BCUT2D eigenvalue weighted by molar-refractivity contribution is 5.49. The van der Waals surface area contributed by atoms with Crippen LogP contribution in [0.25, 0.3) is 0 Å². The minimum absolute atomic E-state index is 0.0730. The van der Waals surface area contributed by atoms with E-state index in [0.29, 0.717) is 49.1 Å². The lowest BCUT2D eigenvalue weighted by Crippen LogP contribution is -2.48. The molecule has 39 heavy (non-hydrogen) atoms. The molecule has 4 heterocycles. The Labute approximate surface area is 221 Å². The highest BCUT2D eigenvalue weighted by Gasteiger charge is 2.43. The van der Waals surface area contributed by atoms with Crippen LogP contribution < -0.4 is 10.2 Å². The molecule has 2 aromatic heterocycles. The number of nitrogens with one attached hydrogen (secondary N) is 1. The number of halogens is 6. The highest BCUT2D eigenvalue weighted by Crippen LogP contribution is 2.41. The van der Waals surface area contributed by atoms with Gasteiger partial charge in [0.25, 0.3) is 0 Å². The van der Waals surface area contributed by atoms with Crippen LogP contribution in [0.4, 0.5) is 38.0 Å². The average Bonchev–Trinajstić information content (AvgIpc) is 3.29. The lowest BCUT2D eigenvalue weighted by atomic mass is 9.91. The summed E-state index contributed by atoms with van der Waals surface area (Å²) >= 11 is 0. The summed E-state index contributed by atoms with van der Waals surface area (Å²) in [6, 6.07) is 8.24. The number of rotatable bonds is 4. The van der Waals surface area contributed by atoms with Crippen LogP contribution in [0.2, 0.25) is 0 Å². The summed E-state index contributed by atoms with van der Waals surface area (Å²) in [4.78, 5) is 10.3. The third-order valence-electron chi connectivity index (χ3n) is 8.27. The standard InChI is InChI=1S/C27H28F6N6/c28-26(29,30)19-5-3-4-16(12-19)21-6-1-2-11-39-24(21)36-25(37-39)35-23-17-7-8-18(23)15-38(14-17)20-9-10-34-22(13-20)27(31,32)33/h3-5,9-10,12-13,17-18,21,23H,1-2,6-8,11,14-15H2,(H,35,37)/t17-,18+,21?,23?. The van der Waals surface area contributed by atoms with E-state index in [0.717, 1.165) is 37.8 Å². The zero-order valence-electron chi connectivity index (χ0n) is 21.0. The Morgan fingerprint density at radius 3 is 2.36 bits per heavy atom. The van der Waals surface area contributed by atoms with Crippen molar-refractivity contribution in [3.05, 3.63) is 65.2 Å². The first-order chi connectivity index (χ1) is 18.6. The Morgan fingerprint density at radius 1 is 0.872 bits per heavy atom. The van der Waals surface area contributed by atoms with Crippen LogP contribution in [0, 0.1) is 11.8 Å². The number of nitrogens with zero attached hydrogens (tertiary/aromatic N) is 5. The molecule has 0 spiro atoms. The number of pyridine rings is 1. The van der Waals surface area contributed by atoms with Gasteiger partial charge in [-0.05, 0) is 61.3 Å². The maximum Gasteiger partial charge on any atom is 0.433 e. The van der Waals surface area contributed by atoms with Gasteiger partial charge in [-0.15, -0.1) is 5.10 Å². The minimum atomic E-state index is -4.49. The summed E-state index contributed by atoms with van der Waals surface area (Å²) in [6.45, 7) is 1.86. The second-order valence-corrected chi connectivity index (χ2v) is 10.8. The van der Waals surface area contributed by atoms with E-state index in [-0.39, 0.29) is 23.8 Å². The van der Waals surface area contributed by atoms with Crippen LogP contribution in [-0.2, 0) is 18.9 Å². The van der Waals surface area contributed by atoms with Gasteiger partial charge < -0.3 is 10.2 Å². The molecule has 3 aromatic rings. The molecule has 3 aliphatic rings. The first kappa shape index (κ1) is 25.9. The predicted molar refractivity (Wildman–Crippen MR) is 132 cm³/mol. The number of hydrogen-bond acceptors (Lipinski definition) is 5. The molecule has 12 heteroatoms. The molecule has 1 aliphatic carbocycles. The summed E-state index contributed by atoms with van der Waals surface area (Å²) in [7, 11) is 0. The van der Waals surface area contributed by atoms with Gasteiger partial charge in [0, 0.05) is 43.5 Å². The van der Waals surface area contributed by atoms with Crippen LogP contribution in [0.15, 0.2) is 42.6 Å². The molecule has 2 bridgehead atoms. The van der Waals surface area contributed by atoms with Gasteiger partial charge in [-0.25, -0.2) is 4.68 Å². The van der Waals surface area contributed by atoms with Gasteiger partial charge in [0.15, 0.2) is 0 Å². The zero-order chi connectivity index (χ0) is 27.4. The van der Waals surface area contributed by atoms with Crippen molar-refractivity contribution in [1.29, 1.82) is 0 Å². The van der Waals surface area contributed by atoms with E-state index >= 15 is 0 Å². The van der Waals surface area contributed by atoms with Crippen molar-refractivity contribution >= 4 is 11.6 Å². The van der Waals surface area contributed by atoms with Crippen LogP contribution in [-0.4, -0.2) is 38.9 Å². The molecule has 6 nitrogen and oxygen atoms in total. The molecule has 1 aromatic carbocycles. The summed E-state index contributed by atoms with van der Waals surface area (Å²) in [6.07, 6.45) is -3.41. The molecule has 0 radical (unpaired) electrons. The first-order valence-corrected chi connectivity index (χ1v) is 13.2. The molecule has 2 aliphatic heterocycles. The van der Waals surface area contributed by atoms with Gasteiger partial charge >= 0.3 is 12.4 Å². The Morgan fingerprint density at radius 2 is 1.64 bits per heavy atom. The topological polar surface area (TPSA) is 58.9 Å². The van der Waals surface area contributed by atoms with E-state index in [1.807, 2.05) is 9.58 Å². The minimum Gasteiger partial charge on any atom is -0.371 e. The van der Waals surface area contributed by atoms with Gasteiger partial charge in [-0.1, -0.05) is 24.6 Å². The lowest BCUT2D eigenvalue weighted by molar-refractivity contribution is -0.141. The normalized spacial score (nSPS) is 25.3. The van der Waals surface area contributed by atoms with Gasteiger partial charge in [-0.2, -0.15) is 31.3 Å². The van der Waals surface area contributed by atoms with Gasteiger partial charge in [0.2, 0.25) is 5.95 Å². The summed E-state index contributed by atoms with van der Waals surface area (Å²) in [5.74, 6) is 1.24. The average molecular weight is 551 g/mol. The lowest BCUT2D eigenvalue weighted by Gasteiger charge is -2.39. The van der Waals surface area contributed by atoms with Gasteiger partial charge in [0.1, 0.15) is 11.5 Å². The van der Waals surface area contributed by atoms with E-state index < -0.39 is 23.6 Å². The van der Waals surface area contributed by atoms with Crippen LogP contribution in [0.5, 0.6) is 0 Å². The number of piperidine rings is 1. The molecule has 1 saturated heterocycles. The van der Waals surface area contributed by atoms with Crippen molar-refractivity contribution in [2.45, 2.75) is 63.0 Å². The third kappa shape index (κ3) is 5.17. The molecular formula is C27H28F6N6. The Balaban J connectivity index is 1.21. The quantitative estimate of drug-likeness (QED) is 0.384. The molecule has 208 valence electrons. The smallest absolute Gasteiger partial charge is 0.371 e. The van der Waals surface area contributed by atoms with E-state index in [1.54, 1.807) is 12.1 Å². The SMILES string of the molecule is FC(F)(F)c1cccc(C2CCCCn3nc(NC4[C@@H]5CC[C@H]4CN(c4ccnc(C(F)(F)F)c4)C5)nc32)c1. The molecule has 6 rings (SSSR count). The number of aromatic nitrogens is 4. The first-order valence-electron chi connectivity index (χ1n) is 13.2. The monoisotopic (exact) mass is 550 g/mol. The van der Waals surface area contributed by atoms with E-state index in [4.69, 9.17) is 4.98 Å². The summed E-state index contributed by atoms with van der Waals surface area (Å²) < 4.78 is 81.4. The summed E-state index contributed by atoms with van der Waals surface area (Å²) in [5, 5.41) is 8.18. The van der Waals surface area contributed by atoms with Crippen molar-refractivity contribution in [1.82, 2.24) is 19.7 Å². The third-order valence-corrected chi connectivity index (χ3v) is 8.27. The molecule has 4 atom stereocenters. The second-order valence-electron chi connectivity index (χ2n) is 10.8. The fourth-order valence-electron chi connectivity index (χ4n) is 6.41.